The minimum atomic E-state index is 0.137. The molecule has 0 spiro atoms. The van der Waals surface area contributed by atoms with Crippen molar-refractivity contribution in [3.8, 4) is 5.75 Å². The third-order valence-corrected chi connectivity index (χ3v) is 6.39. The second-order valence-corrected chi connectivity index (χ2v) is 8.03. The molecule has 2 fully saturated rings. The summed E-state index contributed by atoms with van der Waals surface area (Å²) in [4.78, 5) is 15.0. The second kappa shape index (κ2) is 6.45. The number of ether oxygens (including phenoxy) is 1. The van der Waals surface area contributed by atoms with Crippen molar-refractivity contribution in [2.45, 2.75) is 38.8 Å². The number of carbonyl (C=O) groups excluding carboxylic acids is 1. The predicted octanol–water partition coefficient (Wildman–Crippen LogP) is 3.35. The Morgan fingerprint density at radius 2 is 2.00 bits per heavy atom. The van der Waals surface area contributed by atoms with Crippen LogP contribution in [0.3, 0.4) is 0 Å². The summed E-state index contributed by atoms with van der Waals surface area (Å²) < 4.78 is 7.62. The lowest BCUT2D eigenvalue weighted by Gasteiger charge is -2.32. The second-order valence-electron chi connectivity index (χ2n) is 8.03. The molecule has 3 aliphatic rings. The number of hydrogen-bond acceptors (Lipinski definition) is 3. The van der Waals surface area contributed by atoms with E-state index in [-0.39, 0.29) is 5.91 Å². The Balaban J connectivity index is 1.25. The normalized spacial score (nSPS) is 27.0. The molecule has 2 aliphatic carbocycles. The molecule has 5 heteroatoms. The highest BCUT2D eigenvalue weighted by atomic mass is 16.5. The molecule has 2 saturated carbocycles. The molecule has 2 bridgehead atoms. The highest BCUT2D eigenvalue weighted by Crippen LogP contribution is 2.48. The number of nitrogens with zero attached hydrogens (tertiary/aromatic N) is 3. The van der Waals surface area contributed by atoms with Crippen molar-refractivity contribution in [1.29, 1.82) is 0 Å². The van der Waals surface area contributed by atoms with Gasteiger partial charge in [-0.05, 0) is 55.2 Å². The lowest BCUT2D eigenvalue weighted by atomic mass is 9.88. The van der Waals surface area contributed by atoms with Gasteiger partial charge < -0.3 is 9.64 Å². The highest BCUT2D eigenvalue weighted by Gasteiger charge is 2.41. The molecule has 5 nitrogen and oxygen atoms in total. The van der Waals surface area contributed by atoms with Crippen molar-refractivity contribution in [3.05, 3.63) is 47.8 Å². The van der Waals surface area contributed by atoms with Crippen molar-refractivity contribution in [1.82, 2.24) is 14.7 Å². The minimum Gasteiger partial charge on any atom is -0.487 e. The van der Waals surface area contributed by atoms with Gasteiger partial charge in [-0.3, -0.25) is 9.48 Å². The molecule has 2 unspecified atom stereocenters. The maximum atomic E-state index is 12.9. The van der Waals surface area contributed by atoms with Crippen molar-refractivity contribution >= 4 is 5.91 Å². The molecule has 1 aromatic heterocycles. The van der Waals surface area contributed by atoms with Crippen LogP contribution in [0.5, 0.6) is 5.75 Å². The fraction of sp³-hybridized carbons (Fsp3) is 0.524. The van der Waals surface area contributed by atoms with Crippen LogP contribution in [0.25, 0.3) is 0 Å². The number of aromatic nitrogens is 2. The first-order valence-electron chi connectivity index (χ1n) is 9.80. The van der Waals surface area contributed by atoms with E-state index in [0.29, 0.717) is 18.2 Å². The third kappa shape index (κ3) is 2.89. The predicted molar refractivity (Wildman–Crippen MR) is 97.8 cm³/mol. The molecular weight excluding hydrogens is 326 g/mol. The van der Waals surface area contributed by atoms with Crippen molar-refractivity contribution in [2.24, 2.45) is 17.8 Å². The minimum absolute atomic E-state index is 0.137. The monoisotopic (exact) mass is 351 g/mol. The largest absolute Gasteiger partial charge is 0.487 e. The van der Waals surface area contributed by atoms with Gasteiger partial charge in [-0.25, -0.2) is 0 Å². The quantitative estimate of drug-likeness (QED) is 0.830. The van der Waals surface area contributed by atoms with Crippen molar-refractivity contribution in [2.75, 3.05) is 13.1 Å². The van der Waals surface area contributed by atoms with E-state index in [4.69, 9.17) is 4.74 Å². The average Bonchev–Trinajstić information content (AvgIpc) is 3.38. The van der Waals surface area contributed by atoms with Gasteiger partial charge in [0.15, 0.2) is 0 Å². The van der Waals surface area contributed by atoms with Gasteiger partial charge in [0.2, 0.25) is 0 Å². The summed E-state index contributed by atoms with van der Waals surface area (Å²) in [5, 5.41) is 4.56. The lowest BCUT2D eigenvalue weighted by Crippen LogP contribution is -2.43. The van der Waals surface area contributed by atoms with Gasteiger partial charge in [0.1, 0.15) is 23.7 Å². The fourth-order valence-electron chi connectivity index (χ4n) is 5.09. The summed E-state index contributed by atoms with van der Waals surface area (Å²) in [5.41, 5.74) is 1.53. The number of benzene rings is 1. The first-order chi connectivity index (χ1) is 12.8. The van der Waals surface area contributed by atoms with Gasteiger partial charge in [-0.2, -0.15) is 5.10 Å². The van der Waals surface area contributed by atoms with Gasteiger partial charge in [-0.1, -0.05) is 24.6 Å². The van der Waals surface area contributed by atoms with Crippen LogP contribution in [0, 0.1) is 17.8 Å². The van der Waals surface area contributed by atoms with E-state index in [2.05, 4.69) is 10.00 Å². The highest BCUT2D eigenvalue weighted by molar-refractivity contribution is 5.93. The van der Waals surface area contributed by atoms with E-state index in [0.717, 1.165) is 42.9 Å². The lowest BCUT2D eigenvalue weighted by molar-refractivity contribution is 0.0643. The van der Waals surface area contributed by atoms with Crippen molar-refractivity contribution < 1.29 is 9.53 Å². The summed E-state index contributed by atoms with van der Waals surface area (Å²) in [7, 11) is 0. The molecule has 2 aromatic rings. The number of amides is 1. The van der Waals surface area contributed by atoms with Crippen molar-refractivity contribution in [3.63, 3.8) is 0 Å². The number of rotatable bonds is 5. The van der Waals surface area contributed by atoms with E-state index in [1.807, 2.05) is 41.1 Å². The Hall–Kier alpha value is -2.30. The molecule has 136 valence electrons. The molecule has 0 radical (unpaired) electrons. The Morgan fingerprint density at radius 3 is 2.77 bits per heavy atom. The van der Waals surface area contributed by atoms with Crippen LogP contribution in [0.4, 0.5) is 0 Å². The summed E-state index contributed by atoms with van der Waals surface area (Å²) in [5.74, 6) is 3.46. The maximum absolute atomic E-state index is 12.9. The number of carbonyl (C=O) groups is 1. The van der Waals surface area contributed by atoms with Crippen LogP contribution in [0.2, 0.25) is 0 Å². The fourth-order valence-corrected chi connectivity index (χ4v) is 5.09. The van der Waals surface area contributed by atoms with Crippen LogP contribution in [-0.2, 0) is 13.2 Å². The molecule has 1 amide bonds. The molecule has 1 aliphatic heterocycles. The van der Waals surface area contributed by atoms with E-state index in [9.17, 15) is 4.79 Å². The topological polar surface area (TPSA) is 47.4 Å². The van der Waals surface area contributed by atoms with Gasteiger partial charge in [0.05, 0.1) is 6.54 Å². The van der Waals surface area contributed by atoms with Gasteiger partial charge in [-0.15, -0.1) is 0 Å². The molecule has 5 rings (SSSR count). The van der Waals surface area contributed by atoms with Crippen LogP contribution in [0.15, 0.2) is 36.4 Å². The van der Waals surface area contributed by atoms with E-state index < -0.39 is 0 Å². The standard InChI is InChI=1S/C21H25N3O2/c25-21-20-12-18(14-26-19-4-2-1-3-5-19)22-24(20)9-8-23(21)13-17-11-15-6-7-16(17)10-15/h1-5,12,15-17H,6-11,13-14H2/t15?,16?,17-/m0/s1. The number of hydrogen-bond donors (Lipinski definition) is 0. The van der Waals surface area contributed by atoms with E-state index in [1.54, 1.807) is 0 Å². The summed E-state index contributed by atoms with van der Waals surface area (Å²) in [6, 6.07) is 11.6. The van der Waals surface area contributed by atoms with Gasteiger partial charge >= 0.3 is 0 Å². The Morgan fingerprint density at radius 1 is 1.12 bits per heavy atom. The zero-order valence-electron chi connectivity index (χ0n) is 15.0. The number of fused-ring (bicyclic) bond motifs is 3. The molecule has 0 N–H and O–H groups in total. The molecular formula is C21H25N3O2. The van der Waals surface area contributed by atoms with Gasteiger partial charge in [0, 0.05) is 13.1 Å². The molecule has 0 saturated heterocycles. The number of para-hydroxylation sites is 1. The van der Waals surface area contributed by atoms with E-state index >= 15 is 0 Å². The Labute approximate surface area is 153 Å². The first kappa shape index (κ1) is 15.9. The summed E-state index contributed by atoms with van der Waals surface area (Å²) in [6.45, 7) is 2.89. The first-order valence-corrected chi connectivity index (χ1v) is 9.80. The molecule has 3 atom stereocenters. The van der Waals surface area contributed by atoms with Crippen LogP contribution in [0.1, 0.15) is 41.9 Å². The van der Waals surface area contributed by atoms with Gasteiger partial charge in [0.25, 0.3) is 5.91 Å². The Kier molecular flexibility index (Phi) is 3.95. The smallest absolute Gasteiger partial charge is 0.272 e. The molecule has 26 heavy (non-hydrogen) atoms. The molecule has 2 heterocycles. The SMILES string of the molecule is O=C1c2cc(COc3ccccc3)nn2CCN1C[C@@H]1CC2CCC1C2. The van der Waals surface area contributed by atoms with Crippen LogP contribution in [-0.4, -0.2) is 33.7 Å². The summed E-state index contributed by atoms with van der Waals surface area (Å²) >= 11 is 0. The zero-order chi connectivity index (χ0) is 17.5. The third-order valence-electron chi connectivity index (χ3n) is 6.39. The van der Waals surface area contributed by atoms with Crippen LogP contribution >= 0.6 is 0 Å². The summed E-state index contributed by atoms with van der Waals surface area (Å²) in [6.07, 6.45) is 5.50. The van der Waals surface area contributed by atoms with E-state index in [1.165, 1.54) is 25.7 Å². The molecule has 1 aromatic carbocycles. The van der Waals surface area contributed by atoms with Crippen LogP contribution < -0.4 is 4.74 Å². The maximum Gasteiger partial charge on any atom is 0.272 e. The average molecular weight is 351 g/mol. The zero-order valence-corrected chi connectivity index (χ0v) is 15.0. The Bertz CT molecular complexity index is 801.